The average Bonchev–Trinajstić information content (AvgIpc) is 3.73. The number of rotatable bonds is 8. The van der Waals surface area contributed by atoms with Crippen molar-refractivity contribution in [2.45, 2.75) is 18.8 Å². The lowest BCUT2D eigenvalue weighted by Gasteiger charge is -2.35. The van der Waals surface area contributed by atoms with E-state index >= 15 is 4.39 Å². The molecule has 4 heterocycles. The summed E-state index contributed by atoms with van der Waals surface area (Å²) in [7, 11) is -2.40. The number of nitrogens with zero attached hydrogens (tertiary/aromatic N) is 7. The summed E-state index contributed by atoms with van der Waals surface area (Å²) >= 11 is 0. The fraction of sp³-hybridized carbons (Fsp3) is 0.393. The Balaban J connectivity index is 1.29. The Labute approximate surface area is 233 Å². The molecule has 4 aromatic rings. The molecule has 2 N–H and O–H groups in total. The van der Waals surface area contributed by atoms with Gasteiger partial charge in [0.25, 0.3) is 0 Å². The van der Waals surface area contributed by atoms with Crippen LogP contribution in [0.5, 0.6) is 0 Å². The maximum Gasteiger partial charge on any atom is 0.229 e. The highest BCUT2D eigenvalue weighted by molar-refractivity contribution is 7.92. The summed E-state index contributed by atoms with van der Waals surface area (Å²) in [5.41, 5.74) is 2.92. The third-order valence-electron chi connectivity index (χ3n) is 7.19. The van der Waals surface area contributed by atoms with E-state index in [9.17, 15) is 4.21 Å². The van der Waals surface area contributed by atoms with Crippen LogP contribution < -0.4 is 10.2 Å². The average molecular weight is 565 g/mol. The summed E-state index contributed by atoms with van der Waals surface area (Å²) in [5, 5.41) is 12.8. The van der Waals surface area contributed by atoms with Gasteiger partial charge in [-0.3, -0.25) is 9.47 Å². The van der Waals surface area contributed by atoms with Crippen molar-refractivity contribution in [1.29, 1.82) is 0 Å². The van der Waals surface area contributed by atoms with Crippen molar-refractivity contribution in [2.24, 2.45) is 4.36 Å². The van der Waals surface area contributed by atoms with Gasteiger partial charge in [-0.05, 0) is 49.2 Å². The zero-order valence-corrected chi connectivity index (χ0v) is 23.4. The Morgan fingerprint density at radius 2 is 1.82 bits per heavy atom. The largest absolute Gasteiger partial charge is 0.395 e. The monoisotopic (exact) mass is 564 g/mol. The Kier molecular flexibility index (Phi) is 7.15. The number of halogens is 1. The van der Waals surface area contributed by atoms with Crippen LogP contribution in [0, 0.1) is 5.82 Å². The molecular formula is C28H33FN8O2S. The van der Waals surface area contributed by atoms with Gasteiger partial charge in [0.1, 0.15) is 5.82 Å². The van der Waals surface area contributed by atoms with Crippen LogP contribution in [-0.2, 0) is 9.73 Å². The molecule has 12 heteroatoms. The number of anilines is 3. The number of nitrogens with one attached hydrogen (secondary N) is 1. The number of pyridine rings is 1. The number of fused-ring (bicyclic) bond motifs is 1. The van der Waals surface area contributed by atoms with E-state index < -0.39 is 9.73 Å². The summed E-state index contributed by atoms with van der Waals surface area (Å²) < 4.78 is 33.9. The molecule has 6 rings (SSSR count). The SMILES string of the molecule is CS(C)(=O)=Nc1cccc(-n2c(C3CC3)c(F)c3cnc(Nc4ccc(N5CCN(CCO)CC5)cc4)nc32)n1. The molecule has 0 spiro atoms. The van der Waals surface area contributed by atoms with Gasteiger partial charge in [0.2, 0.25) is 5.95 Å². The van der Waals surface area contributed by atoms with E-state index in [0.29, 0.717) is 40.9 Å². The van der Waals surface area contributed by atoms with Crippen molar-refractivity contribution in [2.75, 3.05) is 62.1 Å². The van der Waals surface area contributed by atoms with Gasteiger partial charge in [0.15, 0.2) is 17.3 Å². The Morgan fingerprint density at radius 3 is 2.50 bits per heavy atom. The van der Waals surface area contributed by atoms with E-state index in [1.54, 1.807) is 35.3 Å². The molecule has 0 atom stereocenters. The lowest BCUT2D eigenvalue weighted by Crippen LogP contribution is -2.47. The molecule has 2 fully saturated rings. The highest BCUT2D eigenvalue weighted by Crippen LogP contribution is 2.45. The maximum absolute atomic E-state index is 15.6. The van der Waals surface area contributed by atoms with Crippen LogP contribution in [0.1, 0.15) is 24.5 Å². The highest BCUT2D eigenvalue weighted by atomic mass is 32.2. The topological polar surface area (TPSA) is 112 Å². The first-order valence-electron chi connectivity index (χ1n) is 13.5. The van der Waals surface area contributed by atoms with Gasteiger partial charge < -0.3 is 15.3 Å². The summed E-state index contributed by atoms with van der Waals surface area (Å²) in [6.45, 7) is 4.58. The van der Waals surface area contributed by atoms with Crippen LogP contribution in [0.25, 0.3) is 16.9 Å². The highest BCUT2D eigenvalue weighted by Gasteiger charge is 2.34. The van der Waals surface area contributed by atoms with Crippen molar-refractivity contribution in [1.82, 2.24) is 24.4 Å². The second-order valence-electron chi connectivity index (χ2n) is 10.6. The standard InChI is InChI=1S/C28H33FN8O2S/c1-40(2,39)34-23-4-3-5-24(32-23)37-26(19-6-7-19)25(29)22-18-30-28(33-27(22)37)31-20-8-10-21(11-9-20)36-14-12-35(13-15-36)16-17-38/h3-5,8-11,18-19,38H,6-7,12-17H2,1-2H3,(H,30,31,33). The number of aliphatic hydroxyl groups is 1. The lowest BCUT2D eigenvalue weighted by molar-refractivity contribution is 0.189. The van der Waals surface area contributed by atoms with Crippen molar-refractivity contribution in [3.63, 3.8) is 0 Å². The van der Waals surface area contributed by atoms with E-state index in [-0.39, 0.29) is 18.3 Å². The molecule has 1 saturated heterocycles. The van der Waals surface area contributed by atoms with Crippen LogP contribution in [0.4, 0.5) is 27.5 Å². The molecule has 0 unspecified atom stereocenters. The zero-order chi connectivity index (χ0) is 27.9. The summed E-state index contributed by atoms with van der Waals surface area (Å²) in [6, 6.07) is 13.4. The van der Waals surface area contributed by atoms with Crippen molar-refractivity contribution in [3.05, 3.63) is 60.2 Å². The molecule has 1 aromatic carbocycles. The van der Waals surface area contributed by atoms with Crippen LogP contribution in [-0.4, -0.2) is 85.6 Å². The molecule has 3 aromatic heterocycles. The van der Waals surface area contributed by atoms with Gasteiger partial charge >= 0.3 is 0 Å². The molecule has 210 valence electrons. The first-order valence-corrected chi connectivity index (χ1v) is 15.8. The number of hydrogen-bond donors (Lipinski definition) is 2. The second-order valence-corrected chi connectivity index (χ2v) is 13.1. The zero-order valence-electron chi connectivity index (χ0n) is 22.6. The van der Waals surface area contributed by atoms with Gasteiger partial charge in [-0.25, -0.2) is 18.6 Å². The van der Waals surface area contributed by atoms with Crippen molar-refractivity contribution >= 4 is 43.9 Å². The third kappa shape index (κ3) is 5.65. The van der Waals surface area contributed by atoms with Crippen molar-refractivity contribution < 1.29 is 13.7 Å². The van der Waals surface area contributed by atoms with Gasteiger partial charge in [-0.15, -0.1) is 0 Å². The van der Waals surface area contributed by atoms with Crippen LogP contribution >= 0.6 is 0 Å². The Morgan fingerprint density at radius 1 is 1.07 bits per heavy atom. The minimum Gasteiger partial charge on any atom is -0.395 e. The van der Waals surface area contributed by atoms with Crippen LogP contribution in [0.15, 0.2) is 53.0 Å². The molecule has 1 saturated carbocycles. The minimum absolute atomic E-state index is 0.0904. The van der Waals surface area contributed by atoms with E-state index in [2.05, 4.69) is 41.6 Å². The number of aliphatic hydroxyl groups excluding tert-OH is 1. The molecular weight excluding hydrogens is 531 g/mol. The van der Waals surface area contributed by atoms with Gasteiger partial charge in [0, 0.05) is 78.5 Å². The van der Waals surface area contributed by atoms with Crippen molar-refractivity contribution in [3.8, 4) is 5.82 Å². The fourth-order valence-corrected chi connectivity index (χ4v) is 5.68. The number of aromatic nitrogens is 4. The molecule has 0 radical (unpaired) electrons. The predicted molar refractivity (Wildman–Crippen MR) is 156 cm³/mol. The summed E-state index contributed by atoms with van der Waals surface area (Å²) in [5.74, 6) is 0.927. The molecule has 40 heavy (non-hydrogen) atoms. The van der Waals surface area contributed by atoms with Gasteiger partial charge in [0.05, 0.1) is 17.7 Å². The number of β-amino-alcohol motifs (C(OH)–C–C–N with tert-alkyl or cyclic N) is 1. The molecule has 10 nitrogen and oxygen atoms in total. The quantitative estimate of drug-likeness (QED) is 0.330. The maximum atomic E-state index is 15.6. The van der Waals surface area contributed by atoms with E-state index in [1.807, 2.05) is 12.1 Å². The second kappa shape index (κ2) is 10.8. The van der Waals surface area contributed by atoms with E-state index in [4.69, 9.17) is 10.1 Å². The van der Waals surface area contributed by atoms with Gasteiger partial charge in [-0.2, -0.15) is 9.35 Å². The van der Waals surface area contributed by atoms with E-state index in [0.717, 1.165) is 50.4 Å². The Bertz CT molecular complexity index is 1650. The molecule has 1 aliphatic heterocycles. The first kappa shape index (κ1) is 26.6. The Hall–Kier alpha value is -3.61. The normalized spacial score (nSPS) is 16.4. The number of benzene rings is 1. The van der Waals surface area contributed by atoms with Crippen LogP contribution in [0.3, 0.4) is 0 Å². The number of hydrogen-bond acceptors (Lipinski definition) is 9. The molecule has 1 aliphatic carbocycles. The molecule has 0 amide bonds. The first-order chi connectivity index (χ1) is 19.3. The predicted octanol–water partition coefficient (Wildman–Crippen LogP) is 4.05. The lowest BCUT2D eigenvalue weighted by atomic mass is 10.2. The fourth-order valence-electron chi connectivity index (χ4n) is 5.13. The van der Waals surface area contributed by atoms with Crippen LogP contribution in [0.2, 0.25) is 0 Å². The van der Waals surface area contributed by atoms with Gasteiger partial charge in [-0.1, -0.05) is 6.07 Å². The minimum atomic E-state index is -2.40. The summed E-state index contributed by atoms with van der Waals surface area (Å²) in [6.07, 6.45) is 6.42. The smallest absolute Gasteiger partial charge is 0.229 e. The van der Waals surface area contributed by atoms with E-state index in [1.165, 1.54) is 6.20 Å². The number of piperazine rings is 1. The molecule has 0 bridgehead atoms. The summed E-state index contributed by atoms with van der Waals surface area (Å²) in [4.78, 5) is 18.3. The third-order valence-corrected chi connectivity index (χ3v) is 7.81. The molecule has 2 aliphatic rings.